The second-order valence-corrected chi connectivity index (χ2v) is 8.44. The van der Waals surface area contributed by atoms with Crippen LogP contribution in [0.2, 0.25) is 0 Å². The van der Waals surface area contributed by atoms with E-state index in [9.17, 15) is 4.79 Å². The van der Waals surface area contributed by atoms with Crippen molar-refractivity contribution in [2.45, 2.75) is 20.4 Å². The number of nitrogens with one attached hydrogen (secondary N) is 1. The maximum atomic E-state index is 12.7. The van der Waals surface area contributed by atoms with Gasteiger partial charge in [0.15, 0.2) is 0 Å². The number of nitrogens with zero attached hydrogens (tertiary/aromatic N) is 5. The Labute approximate surface area is 195 Å². The average Bonchev–Trinajstić information content (AvgIpc) is 3.57. The Kier molecular flexibility index (Phi) is 5.58. The Hall–Kier alpha value is -4.04. The Morgan fingerprint density at radius 2 is 2.00 bits per heavy atom. The standard InChI is InChI=1S/C25H22N6OS/c1-3-30-17(2)27-21-14-18(11-12-22(21)30)25(32)28-26-15-19-16-31(20-8-5-4-6-9-20)29-24(19)23-10-7-13-33-23/h4-16H,3H2,1-2H3,(H,28,32)/b26-15+. The first kappa shape index (κ1) is 20.8. The molecule has 2 aromatic carbocycles. The monoisotopic (exact) mass is 454 g/mol. The van der Waals surface area contributed by atoms with Crippen molar-refractivity contribution in [1.82, 2.24) is 24.8 Å². The molecule has 1 amide bonds. The molecule has 33 heavy (non-hydrogen) atoms. The maximum absolute atomic E-state index is 12.7. The van der Waals surface area contributed by atoms with Gasteiger partial charge < -0.3 is 4.57 Å². The van der Waals surface area contributed by atoms with Gasteiger partial charge >= 0.3 is 0 Å². The molecule has 0 fully saturated rings. The molecule has 0 aliphatic heterocycles. The smallest absolute Gasteiger partial charge is 0.271 e. The lowest BCUT2D eigenvalue weighted by Crippen LogP contribution is -2.17. The summed E-state index contributed by atoms with van der Waals surface area (Å²) in [4.78, 5) is 18.3. The quantitative estimate of drug-likeness (QED) is 0.288. The van der Waals surface area contributed by atoms with Crippen molar-refractivity contribution in [1.29, 1.82) is 0 Å². The predicted molar refractivity (Wildman–Crippen MR) is 132 cm³/mol. The molecule has 0 atom stereocenters. The molecular formula is C25H22N6OS. The normalized spacial score (nSPS) is 11.5. The highest BCUT2D eigenvalue weighted by Crippen LogP contribution is 2.27. The molecule has 5 aromatic rings. The minimum Gasteiger partial charge on any atom is -0.329 e. The molecule has 164 valence electrons. The molecule has 3 aromatic heterocycles. The molecule has 1 N–H and O–H groups in total. The fraction of sp³-hybridized carbons (Fsp3) is 0.120. The predicted octanol–water partition coefficient (Wildman–Crippen LogP) is 5.04. The van der Waals surface area contributed by atoms with Gasteiger partial charge in [0.2, 0.25) is 0 Å². The lowest BCUT2D eigenvalue weighted by atomic mass is 10.2. The lowest BCUT2D eigenvalue weighted by molar-refractivity contribution is 0.0955. The third-order valence-electron chi connectivity index (χ3n) is 5.41. The zero-order chi connectivity index (χ0) is 22.8. The first-order valence-electron chi connectivity index (χ1n) is 10.6. The van der Waals surface area contributed by atoms with Crippen molar-refractivity contribution >= 4 is 34.5 Å². The summed E-state index contributed by atoms with van der Waals surface area (Å²) >= 11 is 1.61. The van der Waals surface area contributed by atoms with Gasteiger partial charge in [-0.1, -0.05) is 24.3 Å². The van der Waals surface area contributed by atoms with Gasteiger partial charge in [-0.15, -0.1) is 11.3 Å². The summed E-state index contributed by atoms with van der Waals surface area (Å²) in [6, 6.07) is 19.4. The van der Waals surface area contributed by atoms with Crippen LogP contribution in [-0.2, 0) is 6.54 Å². The van der Waals surface area contributed by atoms with Crippen molar-refractivity contribution in [3.63, 3.8) is 0 Å². The van der Waals surface area contributed by atoms with Gasteiger partial charge in [-0.3, -0.25) is 4.79 Å². The first-order valence-corrected chi connectivity index (χ1v) is 11.5. The highest BCUT2D eigenvalue weighted by Gasteiger charge is 2.13. The molecule has 0 saturated carbocycles. The van der Waals surface area contributed by atoms with Crippen LogP contribution in [0, 0.1) is 6.92 Å². The number of benzene rings is 2. The van der Waals surface area contributed by atoms with Gasteiger partial charge in [0.1, 0.15) is 11.5 Å². The fourth-order valence-electron chi connectivity index (χ4n) is 3.82. The average molecular weight is 455 g/mol. The minimum atomic E-state index is -0.287. The zero-order valence-electron chi connectivity index (χ0n) is 18.3. The second kappa shape index (κ2) is 8.84. The number of aryl methyl sites for hydroxylation is 2. The van der Waals surface area contributed by atoms with E-state index in [4.69, 9.17) is 5.10 Å². The highest BCUT2D eigenvalue weighted by molar-refractivity contribution is 7.13. The number of rotatable bonds is 6. The van der Waals surface area contributed by atoms with E-state index < -0.39 is 0 Å². The molecule has 0 saturated heterocycles. The molecule has 0 spiro atoms. The summed E-state index contributed by atoms with van der Waals surface area (Å²) in [6.45, 7) is 4.88. The van der Waals surface area contributed by atoms with Crippen LogP contribution in [0.5, 0.6) is 0 Å². The van der Waals surface area contributed by atoms with E-state index in [0.29, 0.717) is 5.56 Å². The van der Waals surface area contributed by atoms with Gasteiger partial charge in [-0.05, 0) is 55.6 Å². The van der Waals surface area contributed by atoms with Gasteiger partial charge in [0.25, 0.3) is 5.91 Å². The second-order valence-electron chi connectivity index (χ2n) is 7.50. The van der Waals surface area contributed by atoms with Crippen LogP contribution in [-0.4, -0.2) is 31.5 Å². The molecule has 0 unspecified atom stereocenters. The summed E-state index contributed by atoms with van der Waals surface area (Å²) in [5.41, 5.74) is 7.54. The van der Waals surface area contributed by atoms with E-state index in [0.717, 1.165) is 45.2 Å². The van der Waals surface area contributed by atoms with Gasteiger partial charge in [0.05, 0.1) is 27.8 Å². The minimum absolute atomic E-state index is 0.287. The van der Waals surface area contributed by atoms with Crippen LogP contribution < -0.4 is 5.43 Å². The van der Waals surface area contributed by atoms with E-state index in [1.165, 1.54) is 0 Å². The third-order valence-corrected chi connectivity index (χ3v) is 6.28. The van der Waals surface area contributed by atoms with E-state index in [2.05, 4.69) is 27.0 Å². The number of thiophene rings is 1. The lowest BCUT2D eigenvalue weighted by Gasteiger charge is -2.03. The largest absolute Gasteiger partial charge is 0.329 e. The number of hydrogen-bond acceptors (Lipinski definition) is 5. The van der Waals surface area contributed by atoms with Crippen LogP contribution in [0.3, 0.4) is 0 Å². The number of hydrogen-bond donors (Lipinski definition) is 1. The maximum Gasteiger partial charge on any atom is 0.271 e. The van der Waals surface area contributed by atoms with E-state index in [1.807, 2.05) is 71.7 Å². The van der Waals surface area contributed by atoms with E-state index in [1.54, 1.807) is 29.7 Å². The summed E-state index contributed by atoms with van der Waals surface area (Å²) in [5, 5.41) is 11.0. The van der Waals surface area contributed by atoms with Crippen LogP contribution in [0.25, 0.3) is 27.3 Å². The van der Waals surface area contributed by atoms with Crippen molar-refractivity contribution in [3.05, 3.63) is 89.2 Å². The summed E-state index contributed by atoms with van der Waals surface area (Å²) in [6.07, 6.45) is 3.54. The SMILES string of the molecule is CCn1c(C)nc2cc(C(=O)N/N=C/c3cn(-c4ccccc4)nc3-c3cccs3)ccc21. The van der Waals surface area contributed by atoms with Crippen molar-refractivity contribution < 1.29 is 4.79 Å². The van der Waals surface area contributed by atoms with Crippen LogP contribution >= 0.6 is 11.3 Å². The van der Waals surface area contributed by atoms with Gasteiger partial charge in [-0.2, -0.15) is 10.2 Å². The first-order chi connectivity index (χ1) is 16.1. The molecule has 0 aliphatic rings. The van der Waals surface area contributed by atoms with Crippen molar-refractivity contribution in [2.75, 3.05) is 0 Å². The van der Waals surface area contributed by atoms with Crippen LogP contribution in [0.1, 0.15) is 28.7 Å². The number of carbonyl (C=O) groups is 1. The molecular weight excluding hydrogens is 432 g/mol. The third kappa shape index (κ3) is 4.08. The molecule has 0 radical (unpaired) electrons. The zero-order valence-corrected chi connectivity index (χ0v) is 19.1. The number of fused-ring (bicyclic) bond motifs is 1. The molecule has 5 rings (SSSR count). The molecule has 0 aliphatic carbocycles. The fourth-order valence-corrected chi connectivity index (χ4v) is 4.55. The number of aromatic nitrogens is 4. The summed E-state index contributed by atoms with van der Waals surface area (Å²) in [7, 11) is 0. The Morgan fingerprint density at radius 3 is 2.76 bits per heavy atom. The van der Waals surface area contributed by atoms with Gasteiger partial charge in [-0.25, -0.2) is 15.1 Å². The molecule has 7 nitrogen and oxygen atoms in total. The van der Waals surface area contributed by atoms with Crippen LogP contribution in [0.15, 0.2) is 77.3 Å². The molecule has 8 heteroatoms. The Morgan fingerprint density at radius 1 is 1.15 bits per heavy atom. The number of imidazole rings is 1. The number of para-hydroxylation sites is 1. The van der Waals surface area contributed by atoms with Crippen molar-refractivity contribution in [2.24, 2.45) is 5.10 Å². The number of hydrazone groups is 1. The van der Waals surface area contributed by atoms with E-state index >= 15 is 0 Å². The Balaban J connectivity index is 1.39. The Bertz CT molecular complexity index is 1450. The number of amides is 1. The number of carbonyl (C=O) groups excluding carboxylic acids is 1. The molecule has 0 bridgehead atoms. The topological polar surface area (TPSA) is 77.1 Å². The van der Waals surface area contributed by atoms with Crippen molar-refractivity contribution in [3.8, 4) is 16.3 Å². The van der Waals surface area contributed by atoms with Gasteiger partial charge in [0, 0.05) is 23.9 Å². The van der Waals surface area contributed by atoms with Crippen LogP contribution in [0.4, 0.5) is 0 Å². The molecule has 3 heterocycles. The summed E-state index contributed by atoms with van der Waals surface area (Å²) in [5.74, 6) is 0.643. The summed E-state index contributed by atoms with van der Waals surface area (Å²) < 4.78 is 3.93. The van der Waals surface area contributed by atoms with E-state index in [-0.39, 0.29) is 5.91 Å². The highest BCUT2D eigenvalue weighted by atomic mass is 32.1.